The van der Waals surface area contributed by atoms with Gasteiger partial charge in [-0.1, -0.05) is 38.1 Å². The molecular weight excluding hydrogens is 1240 g/mol. The Kier molecular flexibility index (Phi) is 21.8. The van der Waals surface area contributed by atoms with Crippen LogP contribution in [0.4, 0.5) is 26.0 Å². The summed E-state index contributed by atoms with van der Waals surface area (Å²) >= 11 is 0. The molecule has 4 N–H and O–H groups in total. The van der Waals surface area contributed by atoms with E-state index in [9.17, 15) is 53.3 Å². The second-order valence-electron chi connectivity index (χ2n) is 25.7. The predicted molar refractivity (Wildman–Crippen MR) is 352 cm³/mol. The van der Waals surface area contributed by atoms with Crippen LogP contribution in [0.15, 0.2) is 116 Å². The number of carbonyl (C=O) groups excluding carboxylic acids is 6. The fourth-order valence-electron chi connectivity index (χ4n) is 12.2. The van der Waals surface area contributed by atoms with Gasteiger partial charge in [0, 0.05) is 93.0 Å². The number of benzene rings is 4. The van der Waals surface area contributed by atoms with Crippen LogP contribution in [0.3, 0.4) is 0 Å². The second kappa shape index (κ2) is 31.0. The number of pyridine rings is 2. The number of amides is 6. The van der Waals surface area contributed by atoms with Crippen LogP contribution in [0.2, 0.25) is 0 Å². The molecule has 3 saturated carbocycles. The Bertz CT molecular complexity index is 4050. The SMILES string of the molecule is CC1CN(C(=O)[C@@H]2C[C@H]2C(=O)Nc2cc(-c3ccc(OC4CCOCC4)c(C#N)c3)ccn2)C1.C[C@@H]1C[C@H]1C(=O)Nc1cccc(-c2ccc(O[C@H]3CCN(C(=O)CO)C[C@H]3F)c(C#N)c2)c1.N#Cc1cc(-c2cc(NC(=O)C3CC3)ccn2)ccc1O[C@H]1CCN(C=O)C[C@H]1F. The van der Waals surface area contributed by atoms with Crippen LogP contribution in [-0.4, -0.2) is 155 Å². The van der Waals surface area contributed by atoms with Gasteiger partial charge in [-0.05, 0) is 139 Å². The molecule has 0 unspecified atom stereocenters. The van der Waals surface area contributed by atoms with E-state index in [0.29, 0.717) is 96.4 Å². The third-order valence-electron chi connectivity index (χ3n) is 18.3. The summed E-state index contributed by atoms with van der Waals surface area (Å²) in [5.74, 6) is 1.65. The minimum absolute atomic E-state index is 0.00927. The minimum atomic E-state index is -1.42. The predicted octanol–water partition coefficient (Wildman–Crippen LogP) is 9.28. The maximum absolute atomic E-state index is 14.6. The van der Waals surface area contributed by atoms with Gasteiger partial charge < -0.3 is 54.7 Å². The Balaban J connectivity index is 0.000000148. The van der Waals surface area contributed by atoms with E-state index in [0.717, 1.165) is 67.4 Å². The molecule has 0 spiro atoms. The Labute approximate surface area is 560 Å². The maximum Gasteiger partial charge on any atom is 0.248 e. The van der Waals surface area contributed by atoms with Gasteiger partial charge in [-0.3, -0.25) is 33.8 Å². The number of halogens is 2. The van der Waals surface area contributed by atoms with E-state index < -0.39 is 37.1 Å². The molecule has 7 fully saturated rings. The summed E-state index contributed by atoms with van der Waals surface area (Å²) in [5.41, 5.74) is 6.92. The third kappa shape index (κ3) is 17.4. The van der Waals surface area contributed by atoms with Crippen LogP contribution >= 0.6 is 0 Å². The highest BCUT2D eigenvalue weighted by atomic mass is 19.1. The van der Waals surface area contributed by atoms with Crippen molar-refractivity contribution in [2.24, 2.45) is 35.5 Å². The van der Waals surface area contributed by atoms with Gasteiger partial charge in [-0.15, -0.1) is 0 Å². The number of aliphatic hydroxyl groups excluding tert-OH is 1. The fourth-order valence-corrected chi connectivity index (χ4v) is 12.2. The van der Waals surface area contributed by atoms with Gasteiger partial charge in [-0.2, -0.15) is 15.8 Å². The Morgan fingerprint density at radius 3 is 1.76 bits per heavy atom. The van der Waals surface area contributed by atoms with Gasteiger partial charge in [0.2, 0.25) is 35.9 Å². The molecule has 7 aliphatic rings. The zero-order valence-electron chi connectivity index (χ0n) is 53.8. The molecule has 4 aromatic carbocycles. The molecule has 0 bridgehead atoms. The average Bonchev–Trinajstić information content (AvgIpc) is 1.66. The molecule has 502 valence electrons. The van der Waals surface area contributed by atoms with E-state index in [4.69, 9.17) is 24.1 Å². The first kappa shape index (κ1) is 68.0. The van der Waals surface area contributed by atoms with E-state index in [-0.39, 0.29) is 96.3 Å². The number of nitrogens with one attached hydrogen (secondary N) is 3. The molecule has 6 heterocycles. The van der Waals surface area contributed by atoms with E-state index >= 15 is 0 Å². The molecule has 2 aromatic heterocycles. The zero-order chi connectivity index (χ0) is 68.3. The lowest BCUT2D eigenvalue weighted by Gasteiger charge is -2.37. The lowest BCUT2D eigenvalue weighted by Crippen LogP contribution is -2.50. The Morgan fingerprint density at radius 2 is 1.16 bits per heavy atom. The summed E-state index contributed by atoms with van der Waals surface area (Å²) < 4.78 is 51.9. The highest BCUT2D eigenvalue weighted by Crippen LogP contribution is 2.43. The number of likely N-dealkylation sites (tertiary alicyclic amines) is 3. The standard InChI is InChI=1S/C26H28N4O4.C25H26FN3O4.C22H21FN4O3/c1-16-14-30(15-16)26(32)22-12-21(22)25(31)29-24-11-18(4-7-28-24)17-2-3-23(19(10-17)13-27)34-20-5-8-33-9-6-20;1-15-9-20(15)25(32)28-19-4-2-3-16(11-19)17-5-6-22(18(10-17)12-27)33-23-7-8-29(13-21(23)26)24(31)14-30;23-18-12-27(13-28)8-6-21(18)30-20-4-3-15(9-16(20)11-24)19-10-17(5-7-25-19)26-22(29)14-1-2-14/h2-4,7,10-11,16,20-22H,5-6,8-9,12,14-15H2,1H3,(H,28,29,31);2-6,10-11,15,20-21,23,30H,7-9,13-14H2,1H3,(H,28,32);3-5,7,9-10,13-14,18,21H,1-2,6,8,12H2,(H,25,26,29)/t21-,22-;15-,20-,21-,23+;18-,21+/m111/s1. The molecule has 8 atom stereocenters. The summed E-state index contributed by atoms with van der Waals surface area (Å²) in [6.45, 7) is 6.96. The van der Waals surface area contributed by atoms with Crippen molar-refractivity contribution in [1.82, 2.24) is 24.7 Å². The number of alkyl halides is 2. The molecular formula is C73H75F2N11O11. The van der Waals surface area contributed by atoms with Crippen LogP contribution < -0.4 is 30.2 Å². The topological polar surface area (TPSA) is 303 Å². The molecule has 4 aliphatic heterocycles. The molecule has 0 radical (unpaired) electrons. The van der Waals surface area contributed by atoms with Gasteiger partial charge >= 0.3 is 0 Å². The highest BCUT2D eigenvalue weighted by Gasteiger charge is 2.51. The van der Waals surface area contributed by atoms with E-state index in [1.165, 1.54) is 9.80 Å². The first-order valence-electron chi connectivity index (χ1n) is 32.8. The normalized spacial score (nSPS) is 22.5. The minimum Gasteiger partial charge on any atom is -0.489 e. The van der Waals surface area contributed by atoms with E-state index in [2.05, 4.69) is 58.0 Å². The number of aliphatic hydroxyl groups is 1. The second-order valence-corrected chi connectivity index (χ2v) is 25.7. The number of rotatable bonds is 18. The van der Waals surface area contributed by atoms with Crippen molar-refractivity contribution in [2.75, 3.05) is 75.0 Å². The van der Waals surface area contributed by atoms with Crippen molar-refractivity contribution < 1.29 is 61.6 Å². The highest BCUT2D eigenvalue weighted by molar-refractivity contribution is 6.00. The summed E-state index contributed by atoms with van der Waals surface area (Å²) in [7, 11) is 0. The lowest BCUT2D eigenvalue weighted by atomic mass is 10.0. The van der Waals surface area contributed by atoms with Crippen molar-refractivity contribution >= 4 is 53.1 Å². The number of nitriles is 3. The Hall–Kier alpha value is -10.4. The van der Waals surface area contributed by atoms with Gasteiger partial charge in [0.1, 0.15) is 66.2 Å². The lowest BCUT2D eigenvalue weighted by molar-refractivity contribution is -0.139. The summed E-state index contributed by atoms with van der Waals surface area (Å²) in [6, 6.07) is 36.6. The smallest absolute Gasteiger partial charge is 0.248 e. The number of aromatic nitrogens is 2. The van der Waals surface area contributed by atoms with Gasteiger partial charge in [0.25, 0.3) is 0 Å². The summed E-state index contributed by atoms with van der Waals surface area (Å²) in [5, 5.41) is 46.5. The maximum atomic E-state index is 14.6. The number of anilines is 3. The molecule has 13 rings (SSSR count). The monoisotopic (exact) mass is 1320 g/mol. The number of piperidine rings is 2. The molecule has 22 nitrogen and oxygen atoms in total. The van der Waals surface area contributed by atoms with Crippen LogP contribution in [0.5, 0.6) is 17.2 Å². The van der Waals surface area contributed by atoms with Crippen molar-refractivity contribution in [3.63, 3.8) is 0 Å². The largest absolute Gasteiger partial charge is 0.489 e. The summed E-state index contributed by atoms with van der Waals surface area (Å²) in [6.07, 6.45) is 5.27. The van der Waals surface area contributed by atoms with Crippen LogP contribution in [0, 0.1) is 69.5 Å². The van der Waals surface area contributed by atoms with Crippen molar-refractivity contribution in [3.05, 3.63) is 132 Å². The fraction of sp³-hybridized carbons (Fsp3) is 0.411. The first-order valence-corrected chi connectivity index (χ1v) is 32.8. The third-order valence-corrected chi connectivity index (χ3v) is 18.3. The average molecular weight is 1320 g/mol. The van der Waals surface area contributed by atoms with E-state index in [1.807, 2.05) is 47.4 Å². The van der Waals surface area contributed by atoms with Crippen LogP contribution in [0.1, 0.15) is 81.9 Å². The van der Waals surface area contributed by atoms with Crippen molar-refractivity contribution in [1.29, 1.82) is 15.8 Å². The summed E-state index contributed by atoms with van der Waals surface area (Å²) in [4.78, 5) is 84.8. The van der Waals surface area contributed by atoms with Crippen molar-refractivity contribution in [2.45, 2.75) is 95.9 Å². The molecule has 97 heavy (non-hydrogen) atoms. The first-order chi connectivity index (χ1) is 47.0. The number of nitrogens with zero attached hydrogens (tertiary/aromatic N) is 8. The number of ether oxygens (including phenoxy) is 4. The van der Waals surface area contributed by atoms with Gasteiger partial charge in [0.15, 0.2) is 12.3 Å². The van der Waals surface area contributed by atoms with Crippen LogP contribution in [0.25, 0.3) is 33.5 Å². The van der Waals surface area contributed by atoms with Crippen molar-refractivity contribution in [3.8, 4) is 69.0 Å². The molecule has 24 heteroatoms. The number of carbonyl (C=O) groups is 6. The molecule has 4 saturated heterocycles. The molecule has 6 amide bonds. The number of hydrogen-bond donors (Lipinski definition) is 4. The number of hydrogen-bond acceptors (Lipinski definition) is 16. The van der Waals surface area contributed by atoms with Gasteiger partial charge in [-0.25, -0.2) is 13.8 Å². The quantitative estimate of drug-likeness (QED) is 0.0583. The molecule has 3 aliphatic carbocycles. The zero-order valence-corrected chi connectivity index (χ0v) is 53.8. The van der Waals surface area contributed by atoms with Crippen LogP contribution in [-0.2, 0) is 33.5 Å². The Morgan fingerprint density at radius 1 is 0.598 bits per heavy atom. The molecule has 6 aromatic rings. The van der Waals surface area contributed by atoms with Gasteiger partial charge in [0.05, 0.1) is 60.5 Å². The van der Waals surface area contributed by atoms with E-state index in [1.54, 1.807) is 73.1 Å².